The maximum atomic E-state index is 11.3. The van der Waals surface area contributed by atoms with Gasteiger partial charge in [0.25, 0.3) is 0 Å². The number of hydrogen-bond acceptors (Lipinski definition) is 6. The number of aliphatic hydroxyl groups excluding tert-OH is 1. The Balaban J connectivity index is 1.36. The first-order chi connectivity index (χ1) is 16.2. The van der Waals surface area contributed by atoms with Crippen molar-refractivity contribution in [2.45, 2.75) is 54.6 Å². The van der Waals surface area contributed by atoms with Crippen molar-refractivity contribution in [1.29, 1.82) is 0 Å². The summed E-state index contributed by atoms with van der Waals surface area (Å²) in [4.78, 5) is 1.03. The summed E-state index contributed by atoms with van der Waals surface area (Å²) in [5, 5.41) is 11.3. The molecule has 2 aliphatic rings. The van der Waals surface area contributed by atoms with Gasteiger partial charge in [-0.05, 0) is 24.6 Å². The van der Waals surface area contributed by atoms with Crippen LogP contribution in [0.5, 0.6) is 0 Å². The van der Waals surface area contributed by atoms with Crippen molar-refractivity contribution in [3.8, 4) is 0 Å². The minimum atomic E-state index is -0.865. The summed E-state index contributed by atoms with van der Waals surface area (Å²) in [6.45, 7) is 2.80. The first-order valence-corrected chi connectivity index (χ1v) is 12.1. The van der Waals surface area contributed by atoms with Crippen LogP contribution in [0.15, 0.2) is 89.8 Å². The molecule has 5 rings (SSSR count). The zero-order chi connectivity index (χ0) is 22.6. The van der Waals surface area contributed by atoms with Gasteiger partial charge in [0.05, 0.1) is 13.2 Å². The van der Waals surface area contributed by atoms with Gasteiger partial charge in [0.2, 0.25) is 0 Å². The molecule has 0 bridgehead atoms. The summed E-state index contributed by atoms with van der Waals surface area (Å²) in [6, 6.07) is 28.0. The normalized spacial score (nSPS) is 29.4. The van der Waals surface area contributed by atoms with Crippen molar-refractivity contribution < 1.29 is 24.1 Å². The van der Waals surface area contributed by atoms with Gasteiger partial charge in [0.15, 0.2) is 6.29 Å². The molecular weight excluding hydrogens is 436 g/mol. The first kappa shape index (κ1) is 22.6. The highest BCUT2D eigenvalue weighted by Gasteiger charge is 2.50. The van der Waals surface area contributed by atoms with E-state index < -0.39 is 30.0 Å². The number of rotatable bonds is 6. The third-order valence-corrected chi connectivity index (χ3v) is 7.10. The fourth-order valence-electron chi connectivity index (χ4n) is 4.15. The van der Waals surface area contributed by atoms with Gasteiger partial charge >= 0.3 is 0 Å². The molecule has 2 heterocycles. The van der Waals surface area contributed by atoms with Crippen molar-refractivity contribution in [2.24, 2.45) is 0 Å². The van der Waals surface area contributed by atoms with Crippen LogP contribution in [0.25, 0.3) is 0 Å². The first-order valence-electron chi connectivity index (χ1n) is 11.2. The number of thioether (sulfide) groups is 1. The van der Waals surface area contributed by atoms with Crippen LogP contribution in [0.4, 0.5) is 0 Å². The zero-order valence-electron chi connectivity index (χ0n) is 18.4. The van der Waals surface area contributed by atoms with Gasteiger partial charge in [-0.1, -0.05) is 90.1 Å². The monoisotopic (exact) mass is 464 g/mol. The molecule has 0 amide bonds. The molecule has 0 saturated carbocycles. The van der Waals surface area contributed by atoms with E-state index in [4.69, 9.17) is 18.9 Å². The summed E-state index contributed by atoms with van der Waals surface area (Å²) < 4.78 is 24.9. The molecule has 1 N–H and O–H groups in total. The van der Waals surface area contributed by atoms with Gasteiger partial charge in [0.1, 0.15) is 29.9 Å². The summed E-state index contributed by atoms with van der Waals surface area (Å²) in [6.07, 6.45) is -2.72. The summed E-state index contributed by atoms with van der Waals surface area (Å²) in [7, 11) is 0. The Morgan fingerprint density at radius 1 is 0.909 bits per heavy atom. The second-order valence-electron chi connectivity index (χ2n) is 8.40. The summed E-state index contributed by atoms with van der Waals surface area (Å²) in [5.41, 5.74) is 2.68. The zero-order valence-corrected chi connectivity index (χ0v) is 19.3. The predicted octanol–water partition coefficient (Wildman–Crippen LogP) is 4.87. The number of hydrogen-bond donors (Lipinski definition) is 1. The molecule has 2 saturated heterocycles. The van der Waals surface area contributed by atoms with Crippen molar-refractivity contribution in [1.82, 2.24) is 0 Å². The Kier molecular flexibility index (Phi) is 7.11. The number of fused-ring (bicyclic) bond motifs is 1. The molecule has 0 spiro atoms. The Labute approximate surface area is 198 Å². The second-order valence-corrected chi connectivity index (χ2v) is 9.57. The topological polar surface area (TPSA) is 57.2 Å². The van der Waals surface area contributed by atoms with Gasteiger partial charge < -0.3 is 24.1 Å². The van der Waals surface area contributed by atoms with E-state index in [1.165, 1.54) is 17.3 Å². The van der Waals surface area contributed by atoms with E-state index in [0.29, 0.717) is 13.2 Å². The molecular formula is C27H28O5S. The molecule has 6 heteroatoms. The van der Waals surface area contributed by atoms with E-state index in [2.05, 4.69) is 19.1 Å². The minimum absolute atomic E-state index is 0.336. The molecule has 0 aromatic heterocycles. The van der Waals surface area contributed by atoms with Crippen molar-refractivity contribution in [2.75, 3.05) is 6.61 Å². The highest BCUT2D eigenvalue weighted by Crippen LogP contribution is 2.40. The maximum absolute atomic E-state index is 11.3. The van der Waals surface area contributed by atoms with Gasteiger partial charge in [-0.2, -0.15) is 0 Å². The van der Waals surface area contributed by atoms with Gasteiger partial charge in [-0.25, -0.2) is 0 Å². The van der Waals surface area contributed by atoms with Crippen molar-refractivity contribution in [3.05, 3.63) is 102 Å². The van der Waals surface area contributed by atoms with E-state index in [-0.39, 0.29) is 6.10 Å². The van der Waals surface area contributed by atoms with Gasteiger partial charge in [-0.15, -0.1) is 0 Å². The number of aliphatic hydroxyl groups is 1. The molecule has 3 aromatic carbocycles. The molecule has 1 unspecified atom stereocenters. The third kappa shape index (κ3) is 5.32. The summed E-state index contributed by atoms with van der Waals surface area (Å²) in [5.74, 6) is 0. The summed E-state index contributed by atoms with van der Waals surface area (Å²) >= 11 is 1.50. The van der Waals surface area contributed by atoms with Crippen LogP contribution in [-0.2, 0) is 25.6 Å². The maximum Gasteiger partial charge on any atom is 0.184 e. The lowest BCUT2D eigenvalue weighted by Gasteiger charge is -2.47. The standard InChI is InChI=1S/C27H28O5S/c1-18-12-14-21(15-13-18)33-27-23(28)25(29-16-19-8-4-2-5-9-19)24-22(31-27)17-30-26(32-24)20-10-6-3-7-11-20/h2-15,22-28H,16-17H2,1H3/t22-,23+,24-,25-,26?,27+/m1/s1. The number of aryl methyl sites for hydroxylation is 1. The Morgan fingerprint density at radius 3 is 2.33 bits per heavy atom. The predicted molar refractivity (Wildman–Crippen MR) is 127 cm³/mol. The molecule has 6 atom stereocenters. The fraction of sp³-hybridized carbons (Fsp3) is 0.333. The number of benzene rings is 3. The van der Waals surface area contributed by atoms with Crippen molar-refractivity contribution in [3.63, 3.8) is 0 Å². The lowest BCUT2D eigenvalue weighted by atomic mass is 9.98. The van der Waals surface area contributed by atoms with Crippen LogP contribution in [0.1, 0.15) is 23.0 Å². The van der Waals surface area contributed by atoms with E-state index >= 15 is 0 Å². The Morgan fingerprint density at radius 2 is 1.61 bits per heavy atom. The van der Waals surface area contributed by atoms with Crippen LogP contribution in [0.3, 0.4) is 0 Å². The highest BCUT2D eigenvalue weighted by atomic mass is 32.2. The van der Waals surface area contributed by atoms with Gasteiger partial charge in [0, 0.05) is 10.5 Å². The molecule has 0 radical (unpaired) electrons. The van der Waals surface area contributed by atoms with Gasteiger partial charge in [-0.3, -0.25) is 0 Å². The minimum Gasteiger partial charge on any atom is -0.387 e. The SMILES string of the molecule is Cc1ccc(S[C@@H]2O[C@@H]3COC(c4ccccc4)O[C@H]3[C@H](OCc3ccccc3)[C@@H]2O)cc1. The third-order valence-electron chi connectivity index (χ3n) is 5.94. The van der Waals surface area contributed by atoms with E-state index in [9.17, 15) is 5.11 Å². The largest absolute Gasteiger partial charge is 0.387 e. The number of ether oxygens (including phenoxy) is 4. The molecule has 5 nitrogen and oxygen atoms in total. The highest BCUT2D eigenvalue weighted by molar-refractivity contribution is 7.99. The quantitative estimate of drug-likeness (QED) is 0.562. The van der Waals surface area contributed by atoms with Crippen molar-refractivity contribution >= 4 is 11.8 Å². The van der Waals surface area contributed by atoms with E-state index in [1.54, 1.807) is 0 Å². The lowest BCUT2D eigenvalue weighted by molar-refractivity contribution is -0.325. The smallest absolute Gasteiger partial charge is 0.184 e. The molecule has 3 aromatic rings. The Hall–Kier alpha value is -2.19. The molecule has 33 heavy (non-hydrogen) atoms. The van der Waals surface area contributed by atoms with E-state index in [0.717, 1.165) is 16.0 Å². The lowest BCUT2D eigenvalue weighted by Crippen LogP contribution is -2.61. The average molecular weight is 465 g/mol. The van der Waals surface area contributed by atoms with Crippen LogP contribution in [0, 0.1) is 6.92 Å². The molecule has 2 fully saturated rings. The van der Waals surface area contributed by atoms with Crippen LogP contribution < -0.4 is 0 Å². The molecule has 172 valence electrons. The van der Waals surface area contributed by atoms with Crippen LogP contribution in [0.2, 0.25) is 0 Å². The molecule has 2 aliphatic heterocycles. The van der Waals surface area contributed by atoms with E-state index in [1.807, 2.05) is 72.8 Å². The van der Waals surface area contributed by atoms with Crippen LogP contribution in [-0.4, -0.2) is 41.6 Å². The average Bonchev–Trinajstić information content (AvgIpc) is 2.86. The fourth-order valence-corrected chi connectivity index (χ4v) is 5.20. The van der Waals surface area contributed by atoms with Crippen LogP contribution >= 0.6 is 11.8 Å². The Bertz CT molecular complexity index is 1010. The molecule has 0 aliphatic carbocycles. The second kappa shape index (κ2) is 10.4.